The minimum atomic E-state index is 0.213. The van der Waals surface area contributed by atoms with E-state index in [1.807, 2.05) is 64.9 Å². The molecule has 0 radical (unpaired) electrons. The highest BCUT2D eigenvalue weighted by Crippen LogP contribution is 2.32. The molecule has 4 nitrogen and oxygen atoms in total. The van der Waals surface area contributed by atoms with Gasteiger partial charge in [-0.2, -0.15) is 0 Å². The summed E-state index contributed by atoms with van der Waals surface area (Å²) >= 11 is 7.38. The topological polar surface area (TPSA) is 60.2 Å². The van der Waals surface area contributed by atoms with Crippen LogP contribution in [0.15, 0.2) is 65.7 Å². The van der Waals surface area contributed by atoms with Gasteiger partial charge in [-0.05, 0) is 24.1 Å². The second kappa shape index (κ2) is 7.55. The smallest absolute Gasteiger partial charge is 0.135 e. The van der Waals surface area contributed by atoms with Gasteiger partial charge in [0.1, 0.15) is 16.6 Å². The van der Waals surface area contributed by atoms with E-state index in [1.54, 1.807) is 0 Å². The molecule has 136 valence electrons. The number of halogens is 1. The summed E-state index contributed by atoms with van der Waals surface area (Å²) in [7, 11) is 0. The minimum absolute atomic E-state index is 0.213. The Morgan fingerprint density at radius 1 is 1.11 bits per heavy atom. The molecule has 0 bridgehead atoms. The van der Waals surface area contributed by atoms with Gasteiger partial charge in [0.05, 0.1) is 17.8 Å². The van der Waals surface area contributed by atoms with Gasteiger partial charge in [0.15, 0.2) is 0 Å². The Bertz CT molecular complexity index is 996. The van der Waals surface area contributed by atoms with Crippen molar-refractivity contribution in [3.8, 4) is 11.3 Å². The molecular formula is C21H18ClN3OS. The molecule has 4 rings (SSSR count). The van der Waals surface area contributed by atoms with E-state index in [-0.39, 0.29) is 5.76 Å². The van der Waals surface area contributed by atoms with Crippen LogP contribution >= 0.6 is 22.9 Å². The van der Waals surface area contributed by atoms with E-state index >= 15 is 0 Å². The highest BCUT2D eigenvalue weighted by atomic mass is 35.5. The highest BCUT2D eigenvalue weighted by molar-refractivity contribution is 7.11. The van der Waals surface area contributed by atoms with Gasteiger partial charge in [0.2, 0.25) is 0 Å². The lowest BCUT2D eigenvalue weighted by Gasteiger charge is -2.18. The monoisotopic (exact) mass is 395 g/mol. The molecule has 1 aromatic heterocycles. The summed E-state index contributed by atoms with van der Waals surface area (Å²) in [6.45, 7) is 1.01. The summed E-state index contributed by atoms with van der Waals surface area (Å²) in [5.41, 5.74) is 3.59. The summed E-state index contributed by atoms with van der Waals surface area (Å²) in [6, 6.07) is 17.6. The number of aliphatic hydroxyl groups is 1. The molecule has 2 heterocycles. The largest absolute Gasteiger partial charge is 0.510 e. The predicted molar refractivity (Wildman–Crippen MR) is 112 cm³/mol. The Morgan fingerprint density at radius 3 is 2.59 bits per heavy atom. The van der Waals surface area contributed by atoms with Gasteiger partial charge in [-0.25, -0.2) is 4.98 Å². The van der Waals surface area contributed by atoms with Crippen LogP contribution in [0.5, 0.6) is 0 Å². The van der Waals surface area contributed by atoms with Crippen molar-refractivity contribution < 1.29 is 5.11 Å². The van der Waals surface area contributed by atoms with E-state index in [1.165, 1.54) is 11.3 Å². The Kier molecular flexibility index (Phi) is 4.97. The number of rotatable bonds is 5. The third kappa shape index (κ3) is 3.75. The van der Waals surface area contributed by atoms with Gasteiger partial charge in [0, 0.05) is 22.5 Å². The normalized spacial score (nSPS) is 14.3. The molecule has 0 atom stereocenters. The van der Waals surface area contributed by atoms with Crippen molar-refractivity contribution in [1.29, 1.82) is 5.41 Å². The third-order valence-corrected chi connectivity index (χ3v) is 5.67. The van der Waals surface area contributed by atoms with E-state index in [4.69, 9.17) is 17.0 Å². The number of hydrogen-bond acceptors (Lipinski definition) is 4. The van der Waals surface area contributed by atoms with Crippen molar-refractivity contribution in [2.75, 3.05) is 13.1 Å². The fourth-order valence-corrected chi connectivity index (χ4v) is 4.12. The third-order valence-electron chi connectivity index (χ3n) is 4.55. The minimum Gasteiger partial charge on any atom is -0.510 e. The van der Waals surface area contributed by atoms with Gasteiger partial charge in [0.25, 0.3) is 0 Å². The molecule has 2 N–H and O–H groups in total. The lowest BCUT2D eigenvalue weighted by Crippen LogP contribution is -2.28. The molecule has 0 saturated carbocycles. The number of nitrogens with one attached hydrogen (secondary N) is 1. The van der Waals surface area contributed by atoms with E-state index in [0.29, 0.717) is 34.5 Å². The molecule has 0 fully saturated rings. The molecule has 0 amide bonds. The van der Waals surface area contributed by atoms with Crippen LogP contribution in [0.3, 0.4) is 0 Å². The van der Waals surface area contributed by atoms with Crippen LogP contribution in [0.25, 0.3) is 16.8 Å². The summed E-state index contributed by atoms with van der Waals surface area (Å²) in [5.74, 6) is 0.542. The fourth-order valence-electron chi connectivity index (χ4n) is 3.09. The summed E-state index contributed by atoms with van der Waals surface area (Å²) in [4.78, 5) is 6.52. The van der Waals surface area contributed by atoms with Crippen molar-refractivity contribution in [3.05, 3.63) is 81.3 Å². The first-order chi connectivity index (χ1) is 13.1. The van der Waals surface area contributed by atoms with Gasteiger partial charge in [-0.3, -0.25) is 5.41 Å². The maximum Gasteiger partial charge on any atom is 0.135 e. The van der Waals surface area contributed by atoms with Gasteiger partial charge in [-0.15, -0.1) is 11.3 Å². The first-order valence-electron chi connectivity index (χ1n) is 8.63. The van der Waals surface area contributed by atoms with Gasteiger partial charge in [-0.1, -0.05) is 54.1 Å². The first-order valence-corrected chi connectivity index (χ1v) is 9.89. The lowest BCUT2D eigenvalue weighted by atomic mass is 10.1. The van der Waals surface area contributed by atoms with E-state index in [2.05, 4.69) is 4.98 Å². The maximum atomic E-state index is 10.4. The standard InChI is InChI=1S/C21H18ClN3OS/c22-16-8-6-14(7-9-16)10-11-25-12-18(26)19(20(25)23)21-24-17(13-27-21)15-4-2-1-3-5-15/h1-9,13,23,26H,10-12H2. The van der Waals surface area contributed by atoms with Crippen molar-refractivity contribution in [1.82, 2.24) is 9.88 Å². The van der Waals surface area contributed by atoms with Crippen LogP contribution in [0, 0.1) is 5.41 Å². The van der Waals surface area contributed by atoms with Crippen molar-refractivity contribution in [2.24, 2.45) is 0 Å². The fraction of sp³-hybridized carbons (Fsp3) is 0.143. The molecule has 6 heteroatoms. The van der Waals surface area contributed by atoms with Crippen molar-refractivity contribution in [3.63, 3.8) is 0 Å². The van der Waals surface area contributed by atoms with Crippen LogP contribution in [0.4, 0.5) is 0 Å². The number of benzene rings is 2. The molecule has 1 aliphatic heterocycles. The Balaban J connectivity index is 1.48. The molecular weight excluding hydrogens is 378 g/mol. The van der Waals surface area contributed by atoms with E-state index in [0.717, 1.165) is 23.2 Å². The highest BCUT2D eigenvalue weighted by Gasteiger charge is 2.30. The molecule has 0 saturated heterocycles. The number of nitrogens with zero attached hydrogens (tertiary/aromatic N) is 2. The Morgan fingerprint density at radius 2 is 1.85 bits per heavy atom. The predicted octanol–water partition coefficient (Wildman–Crippen LogP) is 5.27. The number of thiazole rings is 1. The zero-order valence-electron chi connectivity index (χ0n) is 14.5. The number of amidine groups is 1. The van der Waals surface area contributed by atoms with Gasteiger partial charge >= 0.3 is 0 Å². The van der Waals surface area contributed by atoms with Crippen LogP contribution < -0.4 is 0 Å². The van der Waals surface area contributed by atoms with Crippen LogP contribution in [-0.2, 0) is 6.42 Å². The quantitative estimate of drug-likeness (QED) is 0.618. The molecule has 1 aliphatic rings. The van der Waals surface area contributed by atoms with Crippen LogP contribution in [-0.4, -0.2) is 33.9 Å². The molecule has 0 aliphatic carbocycles. The lowest BCUT2D eigenvalue weighted by molar-refractivity contribution is 0.351. The SMILES string of the molecule is N=C1C(c2nc(-c3ccccc3)cs2)=C(O)CN1CCc1ccc(Cl)cc1. The average Bonchev–Trinajstić information content (AvgIpc) is 3.26. The van der Waals surface area contributed by atoms with Crippen LogP contribution in [0.1, 0.15) is 10.6 Å². The zero-order valence-corrected chi connectivity index (χ0v) is 16.1. The summed E-state index contributed by atoms with van der Waals surface area (Å²) < 4.78 is 0. The number of aliphatic hydroxyl groups excluding tert-OH is 1. The zero-order chi connectivity index (χ0) is 18.8. The summed E-state index contributed by atoms with van der Waals surface area (Å²) in [5, 5.41) is 22.3. The van der Waals surface area contributed by atoms with Crippen molar-refractivity contribution in [2.45, 2.75) is 6.42 Å². The molecule has 0 unspecified atom stereocenters. The van der Waals surface area contributed by atoms with Gasteiger partial charge < -0.3 is 10.0 Å². The second-order valence-electron chi connectivity index (χ2n) is 6.37. The molecule has 0 spiro atoms. The van der Waals surface area contributed by atoms with E-state index < -0.39 is 0 Å². The van der Waals surface area contributed by atoms with E-state index in [9.17, 15) is 5.11 Å². The Labute approximate surface area is 166 Å². The average molecular weight is 396 g/mol. The number of hydrogen-bond donors (Lipinski definition) is 2. The number of aromatic nitrogens is 1. The van der Waals surface area contributed by atoms with Crippen LogP contribution in [0.2, 0.25) is 5.02 Å². The maximum absolute atomic E-state index is 10.4. The Hall–Kier alpha value is -2.63. The molecule has 2 aromatic carbocycles. The first kappa shape index (κ1) is 17.8. The molecule has 27 heavy (non-hydrogen) atoms. The second-order valence-corrected chi connectivity index (χ2v) is 7.67. The molecule has 3 aromatic rings. The summed E-state index contributed by atoms with van der Waals surface area (Å²) in [6.07, 6.45) is 0.785. The van der Waals surface area contributed by atoms with Crippen molar-refractivity contribution >= 4 is 34.3 Å².